The summed E-state index contributed by atoms with van der Waals surface area (Å²) in [5.74, 6) is -1.41. The highest BCUT2D eigenvalue weighted by atomic mass is 16.6. The molecule has 0 bridgehead atoms. The van der Waals surface area contributed by atoms with Crippen LogP contribution < -0.4 is 10.2 Å². The third-order valence-electron chi connectivity index (χ3n) is 3.58. The molecule has 2 aromatic carbocycles. The van der Waals surface area contributed by atoms with Crippen LogP contribution in [0, 0.1) is 11.3 Å². The minimum atomic E-state index is -0.735. The number of carbonyl (C=O) groups excluding carboxylic acids is 2. The number of Topliss-reactive ketones (excluding diaryl/α,β-unsaturated/α-hetero) is 1. The number of nitrogens with zero attached hydrogens (tertiary/aromatic N) is 2. The van der Waals surface area contributed by atoms with E-state index in [1.807, 2.05) is 12.1 Å². The van der Waals surface area contributed by atoms with Gasteiger partial charge in [0.1, 0.15) is 7.11 Å². The maximum atomic E-state index is 12.5. The quantitative estimate of drug-likeness (QED) is 0.591. The van der Waals surface area contributed by atoms with Crippen molar-refractivity contribution in [2.24, 2.45) is 0 Å². The molecule has 0 aliphatic carbocycles. The largest absolute Gasteiger partial charge is 0.417 e. The average molecular weight is 319 g/mol. The Bertz CT molecular complexity index is 968. The molecule has 1 aromatic heterocycles. The first-order valence-electron chi connectivity index (χ1n) is 7.14. The number of nitriles is 1. The lowest BCUT2D eigenvalue weighted by Gasteiger charge is -2.03. The van der Waals surface area contributed by atoms with Crippen LogP contribution >= 0.6 is 0 Å². The van der Waals surface area contributed by atoms with Crippen molar-refractivity contribution < 1.29 is 14.4 Å². The van der Waals surface area contributed by atoms with E-state index in [9.17, 15) is 9.59 Å². The van der Waals surface area contributed by atoms with E-state index in [4.69, 9.17) is 10.1 Å². The molecule has 0 aliphatic rings. The van der Waals surface area contributed by atoms with Gasteiger partial charge in [-0.1, -0.05) is 24.3 Å². The number of nitrogens with one attached hydrogen (secondary N) is 1. The summed E-state index contributed by atoms with van der Waals surface area (Å²) in [6, 6.07) is 15.6. The van der Waals surface area contributed by atoms with E-state index in [-0.39, 0.29) is 5.56 Å². The van der Waals surface area contributed by atoms with Crippen LogP contribution in [0.15, 0.2) is 54.7 Å². The third kappa shape index (κ3) is 2.71. The van der Waals surface area contributed by atoms with Gasteiger partial charge in [-0.25, -0.2) is 0 Å². The molecule has 0 radical (unpaired) electrons. The highest BCUT2D eigenvalue weighted by Crippen LogP contribution is 2.23. The monoisotopic (exact) mass is 319 g/mol. The van der Waals surface area contributed by atoms with Gasteiger partial charge in [0, 0.05) is 11.1 Å². The fraction of sp³-hybridized carbons (Fsp3) is 0.0556. The second-order valence-corrected chi connectivity index (χ2v) is 5.04. The number of aromatic nitrogens is 1. The van der Waals surface area contributed by atoms with Crippen molar-refractivity contribution in [3.05, 3.63) is 65.9 Å². The van der Waals surface area contributed by atoms with Crippen LogP contribution in [0.2, 0.25) is 0 Å². The van der Waals surface area contributed by atoms with E-state index in [1.165, 1.54) is 18.0 Å². The smallest absolute Gasteiger partial charge is 0.296 e. The average Bonchev–Trinajstić information content (AvgIpc) is 2.99. The van der Waals surface area contributed by atoms with Crippen molar-refractivity contribution in [2.75, 3.05) is 12.4 Å². The SMILES string of the molecule is COn1cc(C(=O)C(=O)Nc2ccccc2)c2ccc(C#N)cc21. The van der Waals surface area contributed by atoms with Gasteiger partial charge in [0.2, 0.25) is 0 Å². The second kappa shape index (κ2) is 6.26. The molecule has 6 nitrogen and oxygen atoms in total. The number of ketones is 1. The fourth-order valence-electron chi connectivity index (χ4n) is 2.43. The highest BCUT2D eigenvalue weighted by molar-refractivity contribution is 6.48. The summed E-state index contributed by atoms with van der Waals surface area (Å²) in [5, 5.41) is 12.1. The van der Waals surface area contributed by atoms with E-state index in [0.717, 1.165) is 0 Å². The van der Waals surface area contributed by atoms with Gasteiger partial charge in [0.25, 0.3) is 11.7 Å². The maximum absolute atomic E-state index is 12.5. The molecule has 0 saturated carbocycles. The Kier molecular flexibility index (Phi) is 4.00. The second-order valence-electron chi connectivity index (χ2n) is 5.04. The van der Waals surface area contributed by atoms with Crippen LogP contribution in [-0.2, 0) is 4.79 Å². The number of fused-ring (bicyclic) bond motifs is 1. The van der Waals surface area contributed by atoms with Crippen molar-refractivity contribution in [1.82, 2.24) is 4.73 Å². The summed E-state index contributed by atoms with van der Waals surface area (Å²) in [7, 11) is 1.44. The molecule has 1 N–H and O–H groups in total. The molecule has 3 rings (SSSR count). The molecule has 3 aromatic rings. The van der Waals surface area contributed by atoms with Crippen LogP contribution in [0.3, 0.4) is 0 Å². The number of para-hydroxylation sites is 1. The minimum Gasteiger partial charge on any atom is -0.417 e. The zero-order valence-electron chi connectivity index (χ0n) is 12.8. The van der Waals surface area contributed by atoms with Gasteiger partial charge >= 0.3 is 0 Å². The Balaban J connectivity index is 1.98. The molecule has 0 aliphatic heterocycles. The molecule has 0 saturated heterocycles. The predicted molar refractivity (Wildman–Crippen MR) is 88.6 cm³/mol. The normalized spacial score (nSPS) is 10.2. The zero-order chi connectivity index (χ0) is 17.1. The number of benzene rings is 2. The maximum Gasteiger partial charge on any atom is 0.296 e. The topological polar surface area (TPSA) is 84.1 Å². The Morgan fingerprint density at radius 3 is 2.58 bits per heavy atom. The molecule has 24 heavy (non-hydrogen) atoms. The predicted octanol–water partition coefficient (Wildman–Crippen LogP) is 2.39. The van der Waals surface area contributed by atoms with Crippen LogP contribution in [0.5, 0.6) is 0 Å². The molecule has 1 amide bonds. The Morgan fingerprint density at radius 1 is 1.17 bits per heavy atom. The van der Waals surface area contributed by atoms with E-state index in [2.05, 4.69) is 5.32 Å². The molecular weight excluding hydrogens is 306 g/mol. The third-order valence-corrected chi connectivity index (χ3v) is 3.58. The first kappa shape index (κ1) is 15.3. The summed E-state index contributed by atoms with van der Waals surface area (Å²) in [6.45, 7) is 0. The number of rotatable bonds is 4. The number of anilines is 1. The fourth-order valence-corrected chi connectivity index (χ4v) is 2.43. The van der Waals surface area contributed by atoms with Crippen LogP contribution in [0.25, 0.3) is 10.9 Å². The van der Waals surface area contributed by atoms with Crippen molar-refractivity contribution in [1.29, 1.82) is 5.26 Å². The van der Waals surface area contributed by atoms with E-state index < -0.39 is 11.7 Å². The molecule has 0 atom stereocenters. The summed E-state index contributed by atoms with van der Waals surface area (Å²) in [5.41, 5.74) is 1.74. The lowest BCUT2D eigenvalue weighted by molar-refractivity contribution is -0.112. The Morgan fingerprint density at radius 2 is 1.92 bits per heavy atom. The summed E-state index contributed by atoms with van der Waals surface area (Å²) >= 11 is 0. The van der Waals surface area contributed by atoms with Crippen LogP contribution in [0.4, 0.5) is 5.69 Å². The minimum absolute atomic E-state index is 0.213. The van der Waals surface area contributed by atoms with Crippen LogP contribution in [0.1, 0.15) is 15.9 Å². The van der Waals surface area contributed by atoms with Gasteiger partial charge in [-0.2, -0.15) is 9.99 Å². The molecule has 1 heterocycles. The van der Waals surface area contributed by atoms with Gasteiger partial charge in [-0.3, -0.25) is 9.59 Å². The summed E-state index contributed by atoms with van der Waals surface area (Å²) in [4.78, 5) is 29.9. The molecule has 6 heteroatoms. The van der Waals surface area contributed by atoms with Crippen molar-refractivity contribution in [2.45, 2.75) is 0 Å². The highest BCUT2D eigenvalue weighted by Gasteiger charge is 2.22. The molecule has 118 valence electrons. The van der Waals surface area contributed by atoms with Gasteiger partial charge in [-0.15, -0.1) is 0 Å². The number of carbonyl (C=O) groups is 2. The summed E-state index contributed by atoms with van der Waals surface area (Å²) in [6.07, 6.45) is 1.44. The van der Waals surface area contributed by atoms with Gasteiger partial charge < -0.3 is 10.2 Å². The first-order chi connectivity index (χ1) is 11.6. The van der Waals surface area contributed by atoms with Gasteiger partial charge in [0.05, 0.1) is 28.9 Å². The van der Waals surface area contributed by atoms with E-state index in [0.29, 0.717) is 22.2 Å². The zero-order valence-corrected chi connectivity index (χ0v) is 12.8. The van der Waals surface area contributed by atoms with E-state index in [1.54, 1.807) is 42.5 Å². The Labute approximate surface area is 137 Å². The molecular formula is C18H13N3O3. The molecule has 0 spiro atoms. The molecule has 0 unspecified atom stereocenters. The number of hydrogen-bond acceptors (Lipinski definition) is 4. The lowest BCUT2D eigenvalue weighted by Crippen LogP contribution is -2.22. The van der Waals surface area contributed by atoms with Crippen molar-refractivity contribution >= 4 is 28.3 Å². The first-order valence-corrected chi connectivity index (χ1v) is 7.14. The standard InChI is InChI=1S/C18H13N3O3/c1-24-21-11-15(14-8-7-12(10-19)9-16(14)21)17(22)18(23)20-13-5-3-2-4-6-13/h2-9,11H,1H3,(H,20,23). The van der Waals surface area contributed by atoms with Crippen LogP contribution in [-0.4, -0.2) is 23.5 Å². The lowest BCUT2D eigenvalue weighted by atomic mass is 10.1. The number of amides is 1. The van der Waals surface area contributed by atoms with E-state index >= 15 is 0 Å². The van der Waals surface area contributed by atoms with Gasteiger partial charge in [0.15, 0.2) is 0 Å². The van der Waals surface area contributed by atoms with Crippen molar-refractivity contribution in [3.63, 3.8) is 0 Å². The van der Waals surface area contributed by atoms with Gasteiger partial charge in [-0.05, 0) is 24.3 Å². The molecule has 0 fully saturated rings. The number of hydrogen-bond donors (Lipinski definition) is 1. The Hall–Kier alpha value is -3.59. The van der Waals surface area contributed by atoms with Crippen molar-refractivity contribution in [3.8, 4) is 6.07 Å². The summed E-state index contributed by atoms with van der Waals surface area (Å²) < 4.78 is 1.36.